The molecule has 0 saturated heterocycles. The summed E-state index contributed by atoms with van der Waals surface area (Å²) >= 11 is 0. The van der Waals surface area contributed by atoms with E-state index in [1.807, 2.05) is 13.8 Å². The largest absolute Gasteiger partial charge is 0.507 e. The highest BCUT2D eigenvalue weighted by Crippen LogP contribution is 2.17. The Morgan fingerprint density at radius 1 is 1.56 bits per heavy atom. The van der Waals surface area contributed by atoms with Crippen LogP contribution >= 0.6 is 0 Å². The van der Waals surface area contributed by atoms with Gasteiger partial charge in [0.1, 0.15) is 11.6 Å². The molecule has 0 saturated carbocycles. The number of carbonyl (C=O) groups excluding carboxylic acids is 1. The number of amides is 1. The summed E-state index contributed by atoms with van der Waals surface area (Å²) in [7, 11) is 0. The van der Waals surface area contributed by atoms with Crippen molar-refractivity contribution in [1.82, 2.24) is 5.32 Å². The number of aromatic hydroxyl groups is 1. The van der Waals surface area contributed by atoms with Crippen LogP contribution in [0.2, 0.25) is 0 Å². The fourth-order valence-electron chi connectivity index (χ4n) is 1.20. The van der Waals surface area contributed by atoms with Gasteiger partial charge in [-0.3, -0.25) is 4.79 Å². The molecule has 0 aliphatic rings. The fraction of sp³-hybridized carbons (Fsp3) is 0.417. The van der Waals surface area contributed by atoms with Gasteiger partial charge in [-0.2, -0.15) is 0 Å². The standard InChI is InChI=1S/C12H16FNO2/c1-3-8(2)7-14-12(16)10-5-4-9(13)6-11(10)15/h4-6,8,15H,3,7H2,1-2H3,(H,14,16). The Morgan fingerprint density at radius 2 is 2.25 bits per heavy atom. The number of nitrogens with one attached hydrogen (secondary N) is 1. The Labute approximate surface area is 94.3 Å². The van der Waals surface area contributed by atoms with E-state index >= 15 is 0 Å². The number of phenolic OH excluding ortho intramolecular Hbond substituents is 1. The number of benzene rings is 1. The van der Waals surface area contributed by atoms with Gasteiger partial charge in [-0.25, -0.2) is 4.39 Å². The van der Waals surface area contributed by atoms with Crippen LogP contribution in [0.15, 0.2) is 18.2 Å². The molecule has 4 heteroatoms. The van der Waals surface area contributed by atoms with Crippen LogP contribution in [-0.4, -0.2) is 17.6 Å². The average molecular weight is 225 g/mol. The van der Waals surface area contributed by atoms with Gasteiger partial charge >= 0.3 is 0 Å². The maximum atomic E-state index is 12.7. The summed E-state index contributed by atoms with van der Waals surface area (Å²) < 4.78 is 12.7. The summed E-state index contributed by atoms with van der Waals surface area (Å²) in [5.74, 6) is -0.887. The quantitative estimate of drug-likeness (QED) is 0.826. The molecule has 16 heavy (non-hydrogen) atoms. The third-order valence-electron chi connectivity index (χ3n) is 2.51. The van der Waals surface area contributed by atoms with E-state index in [2.05, 4.69) is 5.32 Å². The topological polar surface area (TPSA) is 49.3 Å². The van der Waals surface area contributed by atoms with E-state index in [0.29, 0.717) is 12.5 Å². The van der Waals surface area contributed by atoms with Crippen LogP contribution in [0.4, 0.5) is 4.39 Å². The minimum absolute atomic E-state index is 0.102. The van der Waals surface area contributed by atoms with E-state index in [9.17, 15) is 14.3 Å². The van der Waals surface area contributed by atoms with Crippen LogP contribution in [0, 0.1) is 11.7 Å². The normalized spacial score (nSPS) is 12.2. The molecule has 2 N–H and O–H groups in total. The average Bonchev–Trinajstić information content (AvgIpc) is 2.25. The maximum absolute atomic E-state index is 12.7. The Balaban J connectivity index is 2.66. The molecule has 1 unspecified atom stereocenters. The third-order valence-corrected chi connectivity index (χ3v) is 2.51. The molecule has 88 valence electrons. The fourth-order valence-corrected chi connectivity index (χ4v) is 1.20. The molecule has 0 radical (unpaired) electrons. The first kappa shape index (κ1) is 12.5. The number of phenols is 1. The molecule has 1 rings (SSSR count). The van der Waals surface area contributed by atoms with Gasteiger partial charge in [-0.05, 0) is 18.1 Å². The van der Waals surface area contributed by atoms with Crippen molar-refractivity contribution in [2.45, 2.75) is 20.3 Å². The van der Waals surface area contributed by atoms with Gasteiger partial charge in [0.05, 0.1) is 5.56 Å². The summed E-state index contributed by atoms with van der Waals surface area (Å²) in [5.41, 5.74) is 0.102. The second-order valence-corrected chi connectivity index (χ2v) is 3.88. The van der Waals surface area contributed by atoms with Gasteiger partial charge in [-0.1, -0.05) is 20.3 Å². The Bertz CT molecular complexity index is 379. The smallest absolute Gasteiger partial charge is 0.255 e. The van der Waals surface area contributed by atoms with Crippen molar-refractivity contribution in [2.75, 3.05) is 6.54 Å². The second-order valence-electron chi connectivity index (χ2n) is 3.88. The molecule has 3 nitrogen and oxygen atoms in total. The summed E-state index contributed by atoms with van der Waals surface area (Å²) in [4.78, 5) is 11.6. The zero-order valence-electron chi connectivity index (χ0n) is 9.46. The van der Waals surface area contributed by atoms with E-state index in [1.165, 1.54) is 6.07 Å². The van der Waals surface area contributed by atoms with Crippen LogP contribution in [0.3, 0.4) is 0 Å². The van der Waals surface area contributed by atoms with Crippen molar-refractivity contribution in [3.63, 3.8) is 0 Å². The summed E-state index contributed by atoms with van der Waals surface area (Å²) in [5, 5.41) is 12.1. The van der Waals surface area contributed by atoms with Crippen molar-refractivity contribution < 1.29 is 14.3 Å². The number of hydrogen-bond acceptors (Lipinski definition) is 2. The molecular weight excluding hydrogens is 209 g/mol. The molecule has 0 aromatic heterocycles. The van der Waals surface area contributed by atoms with Gasteiger partial charge in [0.25, 0.3) is 5.91 Å². The highest BCUT2D eigenvalue weighted by atomic mass is 19.1. The molecule has 0 aliphatic carbocycles. The van der Waals surface area contributed by atoms with Gasteiger partial charge < -0.3 is 10.4 Å². The SMILES string of the molecule is CCC(C)CNC(=O)c1ccc(F)cc1O. The van der Waals surface area contributed by atoms with Crippen molar-refractivity contribution in [2.24, 2.45) is 5.92 Å². The zero-order valence-corrected chi connectivity index (χ0v) is 9.46. The minimum Gasteiger partial charge on any atom is -0.507 e. The van der Waals surface area contributed by atoms with E-state index in [1.54, 1.807) is 0 Å². The summed E-state index contributed by atoms with van der Waals surface area (Å²) in [6, 6.07) is 3.35. The lowest BCUT2D eigenvalue weighted by Crippen LogP contribution is -2.28. The van der Waals surface area contributed by atoms with Crippen molar-refractivity contribution in [1.29, 1.82) is 0 Å². The van der Waals surface area contributed by atoms with Crippen LogP contribution in [0.25, 0.3) is 0 Å². The lowest BCUT2D eigenvalue weighted by Gasteiger charge is -2.10. The minimum atomic E-state index is -0.559. The van der Waals surface area contributed by atoms with E-state index in [0.717, 1.165) is 18.6 Å². The maximum Gasteiger partial charge on any atom is 0.255 e. The molecule has 1 atom stereocenters. The number of carbonyl (C=O) groups is 1. The predicted molar refractivity (Wildman–Crippen MR) is 59.9 cm³/mol. The Morgan fingerprint density at radius 3 is 2.81 bits per heavy atom. The lowest BCUT2D eigenvalue weighted by atomic mass is 10.1. The monoisotopic (exact) mass is 225 g/mol. The van der Waals surface area contributed by atoms with Gasteiger partial charge in [0.15, 0.2) is 0 Å². The van der Waals surface area contributed by atoms with Crippen molar-refractivity contribution in [3.05, 3.63) is 29.6 Å². The molecule has 0 spiro atoms. The van der Waals surface area contributed by atoms with Crippen molar-refractivity contribution >= 4 is 5.91 Å². The van der Waals surface area contributed by atoms with Crippen LogP contribution < -0.4 is 5.32 Å². The summed E-state index contributed by atoms with van der Waals surface area (Å²) in [6.07, 6.45) is 0.968. The van der Waals surface area contributed by atoms with Crippen LogP contribution in [-0.2, 0) is 0 Å². The van der Waals surface area contributed by atoms with Gasteiger partial charge in [-0.15, -0.1) is 0 Å². The van der Waals surface area contributed by atoms with Crippen LogP contribution in [0.1, 0.15) is 30.6 Å². The highest BCUT2D eigenvalue weighted by molar-refractivity contribution is 5.96. The summed E-state index contributed by atoms with van der Waals surface area (Å²) in [6.45, 7) is 4.60. The van der Waals surface area contributed by atoms with E-state index < -0.39 is 5.82 Å². The first-order valence-electron chi connectivity index (χ1n) is 5.31. The number of halogens is 1. The molecule has 0 fully saturated rings. The molecule has 0 bridgehead atoms. The Kier molecular flexibility index (Phi) is 4.28. The molecule has 1 aromatic rings. The van der Waals surface area contributed by atoms with E-state index in [-0.39, 0.29) is 17.2 Å². The predicted octanol–water partition coefficient (Wildman–Crippen LogP) is 2.31. The first-order valence-corrected chi connectivity index (χ1v) is 5.31. The van der Waals surface area contributed by atoms with E-state index in [4.69, 9.17) is 0 Å². The molecule has 0 aliphatic heterocycles. The highest BCUT2D eigenvalue weighted by Gasteiger charge is 2.11. The number of rotatable bonds is 4. The number of hydrogen-bond donors (Lipinski definition) is 2. The third kappa shape index (κ3) is 3.22. The van der Waals surface area contributed by atoms with Gasteiger partial charge in [0.2, 0.25) is 0 Å². The Hall–Kier alpha value is -1.58. The molecule has 1 aromatic carbocycles. The first-order chi connectivity index (χ1) is 7.54. The second kappa shape index (κ2) is 5.49. The van der Waals surface area contributed by atoms with Gasteiger partial charge in [0, 0.05) is 12.6 Å². The van der Waals surface area contributed by atoms with Crippen molar-refractivity contribution in [3.8, 4) is 5.75 Å². The van der Waals surface area contributed by atoms with Crippen LogP contribution in [0.5, 0.6) is 5.75 Å². The molecule has 1 amide bonds. The molecular formula is C12H16FNO2. The lowest BCUT2D eigenvalue weighted by molar-refractivity contribution is 0.0945. The molecule has 0 heterocycles. The zero-order chi connectivity index (χ0) is 12.1.